The van der Waals surface area contributed by atoms with Crippen LogP contribution in [0.5, 0.6) is 0 Å². The van der Waals surface area contributed by atoms with E-state index in [9.17, 15) is 18.0 Å². The van der Waals surface area contributed by atoms with Gasteiger partial charge < -0.3 is 19.8 Å². The summed E-state index contributed by atoms with van der Waals surface area (Å²) in [7, 11) is -5.04. The summed E-state index contributed by atoms with van der Waals surface area (Å²) in [6.45, 7) is 4.32. The van der Waals surface area contributed by atoms with Crippen molar-refractivity contribution in [3.63, 3.8) is 0 Å². The Labute approximate surface area is 172 Å². The van der Waals surface area contributed by atoms with E-state index >= 15 is 0 Å². The fourth-order valence-electron chi connectivity index (χ4n) is 2.36. The van der Waals surface area contributed by atoms with Crippen molar-refractivity contribution in [2.45, 2.75) is 20.3 Å². The van der Waals surface area contributed by atoms with Crippen LogP contribution >= 0.6 is 0 Å². The summed E-state index contributed by atoms with van der Waals surface area (Å²) in [6.07, 6.45) is 2.75. The maximum atomic E-state index is 11.9. The number of carbonyl (C=O) groups excluding carboxylic acids is 2. The van der Waals surface area contributed by atoms with Crippen molar-refractivity contribution >= 4 is 40.2 Å². The first-order valence-electron chi connectivity index (χ1n) is 8.65. The Bertz CT molecular complexity index is 849. The molecule has 15 heteroatoms. The minimum Gasteiger partial charge on any atom is -0.870 e. The van der Waals surface area contributed by atoms with Gasteiger partial charge in [0, 0.05) is 13.1 Å². The molecular weight excluding hydrogens is 426 g/mol. The molecule has 0 bridgehead atoms. The minimum absolute atomic E-state index is 0. The van der Waals surface area contributed by atoms with E-state index in [2.05, 4.69) is 19.9 Å². The van der Waals surface area contributed by atoms with Gasteiger partial charge in [-0.1, -0.05) is 17.1 Å². The number of hydrogen-bond acceptors (Lipinski definition) is 10. The summed E-state index contributed by atoms with van der Waals surface area (Å²) in [5, 5.41) is 4.50. The van der Waals surface area contributed by atoms with Crippen molar-refractivity contribution in [1.29, 1.82) is 0 Å². The predicted molar refractivity (Wildman–Crippen MR) is 102 cm³/mol. The van der Waals surface area contributed by atoms with Crippen LogP contribution in [0.25, 0.3) is 0 Å². The normalized spacial score (nSPS) is 13.1. The third-order valence-electron chi connectivity index (χ3n) is 3.44. The monoisotopic (exact) mass is 449 g/mol. The number of hydrogen-bond donors (Lipinski definition) is 3. The number of aromatic nitrogens is 2. The highest BCUT2D eigenvalue weighted by Gasteiger charge is 2.29. The van der Waals surface area contributed by atoms with Gasteiger partial charge in [0.25, 0.3) is 5.82 Å². The second-order valence-electron chi connectivity index (χ2n) is 5.52. The first-order valence-corrected chi connectivity index (χ1v) is 10.0. The Kier molecular flexibility index (Phi) is 9.22. The molecule has 0 atom stereocenters. The zero-order valence-electron chi connectivity index (χ0n) is 16.3. The molecule has 1 aliphatic rings. The average Bonchev–Trinajstić information content (AvgIpc) is 2.64. The van der Waals surface area contributed by atoms with Gasteiger partial charge in [-0.15, -0.1) is 0 Å². The molecule has 0 radical (unpaired) electrons. The van der Waals surface area contributed by atoms with Gasteiger partial charge in [0.1, 0.15) is 0 Å². The highest BCUT2D eigenvalue weighted by molar-refractivity contribution is 7.80. The summed E-state index contributed by atoms with van der Waals surface area (Å²) in [5.74, 6) is -0.435. The van der Waals surface area contributed by atoms with Crippen molar-refractivity contribution in [2.24, 2.45) is 0 Å². The van der Waals surface area contributed by atoms with Gasteiger partial charge in [-0.3, -0.25) is 4.55 Å². The minimum atomic E-state index is -5.04. The van der Waals surface area contributed by atoms with Crippen molar-refractivity contribution in [2.75, 3.05) is 41.8 Å². The Morgan fingerprint density at radius 1 is 1.20 bits per heavy atom. The lowest BCUT2D eigenvalue weighted by Gasteiger charge is -2.23. The molecule has 4 N–H and O–H groups in total. The van der Waals surface area contributed by atoms with Crippen LogP contribution in [0.15, 0.2) is 18.2 Å². The molecular formula is C15H23N5O9S. The molecule has 2 amide bonds. The van der Waals surface area contributed by atoms with Crippen molar-refractivity contribution < 1.29 is 46.5 Å². The van der Waals surface area contributed by atoms with E-state index < -0.39 is 28.5 Å². The Hall–Kier alpha value is -3.17. The van der Waals surface area contributed by atoms with Gasteiger partial charge in [0.2, 0.25) is 0 Å². The third-order valence-corrected chi connectivity index (χ3v) is 3.78. The van der Waals surface area contributed by atoms with Crippen LogP contribution < -0.4 is 24.5 Å². The Balaban J connectivity index is 0.00000450. The van der Waals surface area contributed by atoms with Crippen LogP contribution in [-0.2, 0) is 19.9 Å². The maximum absolute atomic E-state index is 11.9. The third kappa shape index (κ3) is 7.34. The number of nitrogens with one attached hydrogen (secondary N) is 2. The number of nitrogens with zero attached hydrogens (tertiary/aromatic N) is 3. The van der Waals surface area contributed by atoms with E-state index in [1.54, 1.807) is 13.8 Å². The lowest BCUT2D eigenvalue weighted by molar-refractivity contribution is -0.835. The molecule has 0 saturated heterocycles. The van der Waals surface area contributed by atoms with Crippen LogP contribution in [0.3, 0.4) is 0 Å². The molecule has 1 aromatic rings. The lowest BCUT2D eigenvalue weighted by Crippen LogP contribution is -2.52. The summed E-state index contributed by atoms with van der Waals surface area (Å²) < 4.78 is 46.1. The molecule has 1 aliphatic heterocycles. The van der Waals surface area contributed by atoms with E-state index in [1.807, 2.05) is 17.1 Å². The van der Waals surface area contributed by atoms with Crippen molar-refractivity contribution in [1.82, 2.24) is 4.98 Å². The largest absolute Gasteiger partial charge is 0.870 e. The number of ether oxygens (including phenoxy) is 2. The zero-order valence-corrected chi connectivity index (χ0v) is 17.1. The molecule has 0 saturated carbocycles. The summed E-state index contributed by atoms with van der Waals surface area (Å²) >= 11 is 0. The number of anilines is 3. The van der Waals surface area contributed by atoms with E-state index in [0.717, 1.165) is 6.42 Å². The van der Waals surface area contributed by atoms with Gasteiger partial charge >= 0.3 is 28.5 Å². The van der Waals surface area contributed by atoms with E-state index in [4.69, 9.17) is 14.0 Å². The Morgan fingerprint density at radius 2 is 1.83 bits per heavy atom. The smallest absolute Gasteiger partial charge is 0.474 e. The number of carbonyl (C=O) groups is 2. The van der Waals surface area contributed by atoms with Gasteiger partial charge in [0.15, 0.2) is 5.82 Å². The van der Waals surface area contributed by atoms with E-state index in [-0.39, 0.29) is 24.5 Å². The fourth-order valence-corrected chi connectivity index (χ4v) is 2.70. The first kappa shape index (κ1) is 24.9. The van der Waals surface area contributed by atoms with Crippen LogP contribution in [0.4, 0.5) is 27.2 Å². The highest BCUT2D eigenvalue weighted by atomic mass is 32.3. The topological polar surface area (TPSA) is 190 Å². The quantitative estimate of drug-likeness (QED) is 0.295. The summed E-state index contributed by atoms with van der Waals surface area (Å²) in [6, 6.07) is 1.30. The molecule has 14 nitrogen and oxygen atoms in total. The van der Waals surface area contributed by atoms with Crippen LogP contribution in [0.2, 0.25) is 0 Å². The molecule has 0 fully saturated rings. The Morgan fingerprint density at radius 3 is 2.37 bits per heavy atom. The van der Waals surface area contributed by atoms with Gasteiger partial charge in [-0.05, 0) is 25.0 Å². The second kappa shape index (κ2) is 11.1. The molecule has 0 aliphatic carbocycles. The lowest BCUT2D eigenvalue weighted by atomic mass is 10.2. The molecule has 0 aromatic carbocycles. The summed E-state index contributed by atoms with van der Waals surface area (Å²) in [4.78, 5) is 29.7. The molecule has 168 valence electrons. The highest BCUT2D eigenvalue weighted by Crippen LogP contribution is 2.19. The van der Waals surface area contributed by atoms with E-state index in [1.165, 1.54) is 6.07 Å². The second-order valence-corrected chi connectivity index (χ2v) is 6.52. The molecule has 0 spiro atoms. The van der Waals surface area contributed by atoms with Crippen LogP contribution in [0, 0.1) is 0 Å². The van der Waals surface area contributed by atoms with E-state index in [0.29, 0.717) is 23.6 Å². The molecule has 30 heavy (non-hydrogen) atoms. The molecule has 1 aromatic heterocycles. The van der Waals surface area contributed by atoms with Crippen LogP contribution in [0.1, 0.15) is 20.3 Å². The standard InChI is InChI=1S/C15H21N5O8S.H2O/c1-3-26-14(21)17-12-10-11(19-8-6-5-7-9-19)16-13(18-15(22)27-4-2)20(12)28-29(23,24)25;/h5-6,10H,3-4,7-9H2,1-2H3,(H2,16,17,18,21,22,23,24,25);1H2. The molecule has 2 rings (SSSR count). The fraction of sp³-hybridized carbons (Fsp3) is 0.467. The van der Waals surface area contributed by atoms with Gasteiger partial charge in [0.05, 0.1) is 19.3 Å². The predicted octanol–water partition coefficient (Wildman–Crippen LogP) is 0.327. The van der Waals surface area contributed by atoms with Gasteiger partial charge in [-0.25, -0.2) is 19.2 Å². The van der Waals surface area contributed by atoms with Crippen molar-refractivity contribution in [3.8, 4) is 0 Å². The van der Waals surface area contributed by atoms with Gasteiger partial charge in [-0.2, -0.15) is 13.7 Å². The maximum Gasteiger partial charge on any atom is 0.474 e. The average molecular weight is 449 g/mol. The number of rotatable bonds is 7. The van der Waals surface area contributed by atoms with Crippen LogP contribution in [-0.4, -0.2) is 61.9 Å². The SMILES string of the molecule is CCOC(=O)Nc1cc(N2CC=CCC2)nc(NC(=O)OCC)[n+]1OS(=O)(=O)O.[OH-]. The zero-order chi connectivity index (χ0) is 21.4. The van der Waals surface area contributed by atoms with Crippen molar-refractivity contribution in [3.05, 3.63) is 18.2 Å². The first-order chi connectivity index (χ1) is 13.7. The number of amides is 2. The molecule has 0 unspecified atom stereocenters. The molecule has 2 heterocycles. The summed E-state index contributed by atoms with van der Waals surface area (Å²) in [5.41, 5.74) is 0.